The van der Waals surface area contributed by atoms with Gasteiger partial charge in [0, 0.05) is 22.7 Å². The van der Waals surface area contributed by atoms with Gasteiger partial charge in [-0.3, -0.25) is 9.69 Å². The summed E-state index contributed by atoms with van der Waals surface area (Å²) in [4.78, 5) is 14.6. The number of halogens is 1. The molecule has 1 aromatic carbocycles. The molecule has 6 heteroatoms. The summed E-state index contributed by atoms with van der Waals surface area (Å²) >= 11 is 10.0. The third-order valence-corrected chi connectivity index (χ3v) is 5.26. The van der Waals surface area contributed by atoms with Crippen molar-refractivity contribution in [3.8, 4) is 11.3 Å². The van der Waals surface area contributed by atoms with Gasteiger partial charge in [-0.1, -0.05) is 59.0 Å². The van der Waals surface area contributed by atoms with E-state index in [1.165, 1.54) is 11.8 Å². The number of carbonyl (C=O) groups is 1. The Morgan fingerprint density at radius 3 is 2.70 bits per heavy atom. The van der Waals surface area contributed by atoms with E-state index in [2.05, 4.69) is 15.9 Å². The summed E-state index contributed by atoms with van der Waals surface area (Å²) in [6, 6.07) is 11.7. The number of nitrogens with zero attached hydrogens (tertiary/aromatic N) is 1. The number of benzene rings is 1. The van der Waals surface area contributed by atoms with Crippen molar-refractivity contribution in [2.75, 3.05) is 6.54 Å². The molecule has 1 saturated heterocycles. The Bertz CT molecular complexity index is 780. The molecule has 0 bridgehead atoms. The van der Waals surface area contributed by atoms with E-state index < -0.39 is 0 Å². The third-order valence-electron chi connectivity index (χ3n) is 3.35. The number of amides is 1. The van der Waals surface area contributed by atoms with Gasteiger partial charge in [-0.2, -0.15) is 0 Å². The van der Waals surface area contributed by atoms with Crippen LogP contribution in [-0.4, -0.2) is 21.7 Å². The quantitative estimate of drug-likeness (QED) is 0.507. The number of rotatable bonds is 4. The van der Waals surface area contributed by atoms with Crippen LogP contribution in [-0.2, 0) is 4.79 Å². The van der Waals surface area contributed by atoms with Crippen molar-refractivity contribution in [1.29, 1.82) is 0 Å². The Balaban J connectivity index is 1.82. The van der Waals surface area contributed by atoms with E-state index in [9.17, 15) is 4.79 Å². The van der Waals surface area contributed by atoms with Gasteiger partial charge in [0.2, 0.25) is 0 Å². The molecule has 2 heterocycles. The summed E-state index contributed by atoms with van der Waals surface area (Å²) in [5.74, 6) is 1.39. The van der Waals surface area contributed by atoms with Crippen molar-refractivity contribution in [2.45, 2.75) is 13.3 Å². The second kappa shape index (κ2) is 7.03. The Hall–Kier alpha value is -1.37. The molecule has 0 spiro atoms. The van der Waals surface area contributed by atoms with Crippen molar-refractivity contribution in [3.05, 3.63) is 51.5 Å². The number of hydrogen-bond donors (Lipinski definition) is 0. The molecule has 1 fully saturated rings. The maximum absolute atomic E-state index is 12.3. The van der Waals surface area contributed by atoms with Crippen LogP contribution in [0.2, 0.25) is 0 Å². The minimum atomic E-state index is -0.0385. The van der Waals surface area contributed by atoms with Crippen molar-refractivity contribution in [3.63, 3.8) is 0 Å². The normalized spacial score (nSPS) is 16.6. The first-order valence-electron chi connectivity index (χ1n) is 7.19. The summed E-state index contributed by atoms with van der Waals surface area (Å²) in [7, 11) is 0. The number of carbonyl (C=O) groups excluding carboxylic acids is 1. The predicted molar refractivity (Wildman–Crippen MR) is 102 cm³/mol. The van der Waals surface area contributed by atoms with Crippen molar-refractivity contribution < 1.29 is 9.21 Å². The number of furan rings is 1. The maximum Gasteiger partial charge on any atom is 0.266 e. The maximum atomic E-state index is 12.3. The lowest BCUT2D eigenvalue weighted by molar-refractivity contribution is -0.122. The summed E-state index contributed by atoms with van der Waals surface area (Å²) in [6.45, 7) is 2.68. The summed E-state index contributed by atoms with van der Waals surface area (Å²) < 4.78 is 7.47. The summed E-state index contributed by atoms with van der Waals surface area (Å²) in [5.41, 5.74) is 0.992. The minimum Gasteiger partial charge on any atom is -0.457 e. The smallest absolute Gasteiger partial charge is 0.266 e. The van der Waals surface area contributed by atoms with Gasteiger partial charge in [-0.05, 0) is 30.7 Å². The molecule has 1 aliphatic heterocycles. The molecule has 0 N–H and O–H groups in total. The molecule has 23 heavy (non-hydrogen) atoms. The van der Waals surface area contributed by atoms with E-state index in [1.807, 2.05) is 43.3 Å². The van der Waals surface area contributed by atoms with Crippen molar-refractivity contribution in [2.24, 2.45) is 0 Å². The molecule has 118 valence electrons. The van der Waals surface area contributed by atoms with Crippen molar-refractivity contribution >= 4 is 56.2 Å². The fraction of sp³-hybridized carbons (Fsp3) is 0.176. The lowest BCUT2D eigenvalue weighted by Crippen LogP contribution is -2.28. The first-order valence-corrected chi connectivity index (χ1v) is 9.21. The van der Waals surface area contributed by atoms with Gasteiger partial charge in [0.05, 0.1) is 4.91 Å². The molecular formula is C17H14BrNO2S2. The molecule has 1 aromatic heterocycles. The Morgan fingerprint density at radius 1 is 1.26 bits per heavy atom. The molecule has 3 nitrogen and oxygen atoms in total. The molecule has 0 unspecified atom stereocenters. The summed E-state index contributed by atoms with van der Waals surface area (Å²) in [6.07, 6.45) is 2.64. The highest BCUT2D eigenvalue weighted by Gasteiger charge is 2.31. The van der Waals surface area contributed by atoms with Crippen LogP contribution in [0, 0.1) is 0 Å². The van der Waals surface area contributed by atoms with Gasteiger partial charge in [-0.25, -0.2) is 0 Å². The van der Waals surface area contributed by atoms with Gasteiger partial charge in [0.15, 0.2) is 0 Å². The molecule has 0 aliphatic carbocycles. The highest BCUT2D eigenvalue weighted by molar-refractivity contribution is 9.10. The van der Waals surface area contributed by atoms with Crippen LogP contribution in [0.5, 0.6) is 0 Å². The molecule has 0 atom stereocenters. The van der Waals surface area contributed by atoms with Crippen LogP contribution in [0.1, 0.15) is 19.1 Å². The average Bonchev–Trinajstić information content (AvgIpc) is 3.09. The van der Waals surface area contributed by atoms with E-state index in [-0.39, 0.29) is 5.91 Å². The monoisotopic (exact) mass is 407 g/mol. The highest BCUT2D eigenvalue weighted by atomic mass is 79.9. The molecule has 0 radical (unpaired) electrons. The summed E-state index contributed by atoms with van der Waals surface area (Å²) in [5, 5.41) is 0. The van der Waals surface area contributed by atoms with Crippen LogP contribution in [0.25, 0.3) is 17.4 Å². The van der Waals surface area contributed by atoms with Gasteiger partial charge in [0.1, 0.15) is 15.8 Å². The Labute approximate surface area is 152 Å². The first-order chi connectivity index (χ1) is 11.1. The minimum absolute atomic E-state index is 0.0385. The van der Waals surface area contributed by atoms with E-state index in [4.69, 9.17) is 16.6 Å². The fourth-order valence-corrected chi connectivity index (χ4v) is 3.80. The van der Waals surface area contributed by atoms with Gasteiger partial charge < -0.3 is 4.42 Å². The second-order valence-electron chi connectivity index (χ2n) is 5.04. The molecule has 2 aromatic rings. The molecular weight excluding hydrogens is 394 g/mol. The fourth-order valence-electron chi connectivity index (χ4n) is 2.25. The van der Waals surface area contributed by atoms with Gasteiger partial charge in [-0.15, -0.1) is 0 Å². The zero-order chi connectivity index (χ0) is 16.4. The van der Waals surface area contributed by atoms with E-state index >= 15 is 0 Å². The zero-order valence-electron chi connectivity index (χ0n) is 12.4. The van der Waals surface area contributed by atoms with Crippen LogP contribution in [0.3, 0.4) is 0 Å². The second-order valence-corrected chi connectivity index (χ2v) is 7.63. The molecule has 1 amide bonds. The topological polar surface area (TPSA) is 33.5 Å². The average molecular weight is 408 g/mol. The Morgan fingerprint density at radius 2 is 2.00 bits per heavy atom. The Kier molecular flexibility index (Phi) is 5.04. The van der Waals surface area contributed by atoms with Crippen LogP contribution < -0.4 is 0 Å². The van der Waals surface area contributed by atoms with Crippen molar-refractivity contribution in [1.82, 2.24) is 4.90 Å². The first kappa shape index (κ1) is 16.5. The number of thiocarbonyl (C=S) groups is 1. The predicted octanol–water partition coefficient (Wildman–Crippen LogP) is 5.32. The van der Waals surface area contributed by atoms with Gasteiger partial charge >= 0.3 is 0 Å². The van der Waals surface area contributed by atoms with E-state index in [0.717, 1.165) is 22.2 Å². The zero-order valence-corrected chi connectivity index (χ0v) is 15.6. The molecule has 1 aliphatic rings. The molecule has 3 rings (SSSR count). The number of thioether (sulfide) groups is 1. The number of hydrogen-bond acceptors (Lipinski definition) is 4. The highest BCUT2D eigenvalue weighted by Crippen LogP contribution is 2.33. The van der Waals surface area contributed by atoms with E-state index in [0.29, 0.717) is 21.5 Å². The lowest BCUT2D eigenvalue weighted by Gasteiger charge is -2.11. The van der Waals surface area contributed by atoms with E-state index in [1.54, 1.807) is 11.0 Å². The SMILES string of the molecule is CCCN1C(=O)C(=Cc2ccc(-c3ccc(Br)cc3)o2)SC1=S. The largest absolute Gasteiger partial charge is 0.457 e. The van der Waals surface area contributed by atoms with Crippen LogP contribution in [0.4, 0.5) is 0 Å². The molecule has 0 saturated carbocycles. The lowest BCUT2D eigenvalue weighted by atomic mass is 10.2. The van der Waals surface area contributed by atoms with Crippen LogP contribution >= 0.6 is 39.9 Å². The van der Waals surface area contributed by atoms with Crippen LogP contribution in [0.15, 0.2) is 50.2 Å². The standard InChI is InChI=1S/C17H14BrNO2S2/c1-2-9-19-16(20)15(23-17(19)22)10-13-7-8-14(21-13)11-3-5-12(18)6-4-11/h3-8,10H,2,9H2,1H3. The third kappa shape index (κ3) is 3.59. The van der Waals surface area contributed by atoms with Gasteiger partial charge in [0.25, 0.3) is 5.91 Å².